The summed E-state index contributed by atoms with van der Waals surface area (Å²) in [5.74, 6) is 0. The van der Waals surface area contributed by atoms with E-state index in [0.29, 0.717) is 0 Å². The Balaban J connectivity index is 0.000000605. The zero-order valence-corrected chi connectivity index (χ0v) is 6.90. The van der Waals surface area contributed by atoms with Crippen LogP contribution in [0.4, 0.5) is 5.69 Å². The van der Waals surface area contributed by atoms with Crippen LogP contribution >= 0.6 is 12.4 Å². The minimum absolute atomic E-state index is 0. The van der Waals surface area contributed by atoms with Crippen LogP contribution in [-0.2, 0) is 0 Å². The first-order valence-corrected chi connectivity index (χ1v) is 3.46. The molecule has 0 atom stereocenters. The second kappa shape index (κ2) is 3.44. The molecule has 0 aliphatic carbocycles. The molecule has 58 valence electrons. The largest absolute Gasteiger partial charge is 0.381 e. The number of benzene rings is 1. The van der Waals surface area contributed by atoms with Gasteiger partial charge in [-0.1, -0.05) is 30.4 Å². The van der Waals surface area contributed by atoms with E-state index in [1.807, 2.05) is 6.07 Å². The van der Waals surface area contributed by atoms with E-state index < -0.39 is 0 Å². The number of hydrogen-bond acceptors (Lipinski definition) is 1. The Morgan fingerprint density at radius 1 is 1.18 bits per heavy atom. The quantitative estimate of drug-likeness (QED) is 0.626. The first-order chi connectivity index (χ1) is 4.97. The number of anilines is 1. The molecule has 0 unspecified atom stereocenters. The first-order valence-electron chi connectivity index (χ1n) is 3.46. The molecular weight excluding hydrogens is 158 g/mol. The average molecular weight is 168 g/mol. The van der Waals surface area contributed by atoms with Crippen LogP contribution in [0.1, 0.15) is 5.56 Å². The molecular formula is C9H10ClN. The van der Waals surface area contributed by atoms with E-state index in [9.17, 15) is 0 Å². The molecule has 1 aromatic rings. The van der Waals surface area contributed by atoms with Crippen LogP contribution in [0.3, 0.4) is 0 Å². The Morgan fingerprint density at radius 3 is 2.82 bits per heavy atom. The molecule has 0 spiro atoms. The molecule has 0 fully saturated rings. The van der Waals surface area contributed by atoms with Gasteiger partial charge in [0.1, 0.15) is 0 Å². The van der Waals surface area contributed by atoms with Crippen molar-refractivity contribution >= 4 is 24.2 Å². The normalized spacial score (nSPS) is 12.7. The van der Waals surface area contributed by atoms with Gasteiger partial charge in [-0.05, 0) is 11.6 Å². The van der Waals surface area contributed by atoms with Crippen LogP contribution in [0.25, 0.3) is 6.08 Å². The number of fused-ring (bicyclic) bond motifs is 1. The van der Waals surface area contributed by atoms with Crippen molar-refractivity contribution in [1.29, 1.82) is 0 Å². The molecule has 0 amide bonds. The van der Waals surface area contributed by atoms with Crippen molar-refractivity contribution in [1.82, 2.24) is 0 Å². The maximum Gasteiger partial charge on any atom is 0.0416 e. The van der Waals surface area contributed by atoms with Crippen LogP contribution in [0.2, 0.25) is 0 Å². The lowest BCUT2D eigenvalue weighted by molar-refractivity contribution is 1.31. The molecule has 0 aromatic heterocycles. The lowest BCUT2D eigenvalue weighted by Gasteiger charge is -2.11. The predicted octanol–water partition coefficient (Wildman–Crippen LogP) is 2.55. The maximum absolute atomic E-state index is 3.28. The average Bonchev–Trinajstić information content (AvgIpc) is 2.05. The van der Waals surface area contributed by atoms with Crippen molar-refractivity contribution in [2.75, 3.05) is 11.9 Å². The van der Waals surface area contributed by atoms with Gasteiger partial charge in [0.05, 0.1) is 0 Å². The monoisotopic (exact) mass is 167 g/mol. The second-order valence-electron chi connectivity index (χ2n) is 2.37. The summed E-state index contributed by atoms with van der Waals surface area (Å²) in [5, 5.41) is 3.28. The second-order valence-corrected chi connectivity index (χ2v) is 2.37. The third-order valence-electron chi connectivity index (χ3n) is 1.67. The Kier molecular flexibility index (Phi) is 2.55. The molecule has 0 bridgehead atoms. The standard InChI is InChI=1S/C9H9N.ClH/c1-2-6-9-8(4-1)5-3-7-10-9;/h1-6,10H,7H2;1H. The van der Waals surface area contributed by atoms with Gasteiger partial charge < -0.3 is 5.32 Å². The molecule has 2 heteroatoms. The third-order valence-corrected chi connectivity index (χ3v) is 1.67. The molecule has 1 nitrogen and oxygen atoms in total. The van der Waals surface area contributed by atoms with Crippen molar-refractivity contribution in [2.45, 2.75) is 0 Å². The zero-order valence-electron chi connectivity index (χ0n) is 6.08. The van der Waals surface area contributed by atoms with Gasteiger partial charge in [0.15, 0.2) is 0 Å². The molecule has 1 heterocycles. The van der Waals surface area contributed by atoms with Gasteiger partial charge in [-0.15, -0.1) is 12.4 Å². The maximum atomic E-state index is 3.28. The Bertz CT molecular complexity index is 268. The molecule has 0 radical (unpaired) electrons. The molecule has 1 aliphatic heterocycles. The van der Waals surface area contributed by atoms with Gasteiger partial charge in [-0.25, -0.2) is 0 Å². The molecule has 1 N–H and O–H groups in total. The fraction of sp³-hybridized carbons (Fsp3) is 0.111. The molecule has 1 aromatic carbocycles. The summed E-state index contributed by atoms with van der Waals surface area (Å²) >= 11 is 0. The molecule has 2 rings (SSSR count). The zero-order chi connectivity index (χ0) is 6.81. The SMILES string of the molecule is C1=Cc2ccccc2NC1.Cl. The smallest absolute Gasteiger partial charge is 0.0416 e. The van der Waals surface area contributed by atoms with E-state index in [2.05, 4.69) is 35.7 Å². The molecule has 0 saturated carbocycles. The Hall–Kier alpha value is -0.950. The molecule has 0 saturated heterocycles. The van der Waals surface area contributed by atoms with Gasteiger partial charge in [-0.3, -0.25) is 0 Å². The number of hydrogen-bond donors (Lipinski definition) is 1. The minimum Gasteiger partial charge on any atom is -0.381 e. The number of para-hydroxylation sites is 1. The summed E-state index contributed by atoms with van der Waals surface area (Å²) in [7, 11) is 0. The van der Waals surface area contributed by atoms with Crippen LogP contribution in [0.5, 0.6) is 0 Å². The van der Waals surface area contributed by atoms with Gasteiger partial charge >= 0.3 is 0 Å². The summed E-state index contributed by atoms with van der Waals surface area (Å²) in [5.41, 5.74) is 2.53. The summed E-state index contributed by atoms with van der Waals surface area (Å²) in [6.07, 6.45) is 4.27. The van der Waals surface area contributed by atoms with Gasteiger partial charge in [0, 0.05) is 12.2 Å². The highest BCUT2D eigenvalue weighted by Gasteiger charge is 1.98. The summed E-state index contributed by atoms with van der Waals surface area (Å²) in [4.78, 5) is 0. The summed E-state index contributed by atoms with van der Waals surface area (Å²) < 4.78 is 0. The number of rotatable bonds is 0. The fourth-order valence-electron chi connectivity index (χ4n) is 1.16. The van der Waals surface area contributed by atoms with E-state index in [1.54, 1.807) is 0 Å². The lowest BCUT2D eigenvalue weighted by atomic mass is 10.1. The van der Waals surface area contributed by atoms with E-state index in [4.69, 9.17) is 0 Å². The Labute approximate surface area is 72.5 Å². The van der Waals surface area contributed by atoms with Gasteiger partial charge in [-0.2, -0.15) is 0 Å². The highest BCUT2D eigenvalue weighted by atomic mass is 35.5. The van der Waals surface area contributed by atoms with E-state index >= 15 is 0 Å². The van der Waals surface area contributed by atoms with Crippen LogP contribution in [0, 0.1) is 0 Å². The van der Waals surface area contributed by atoms with Crippen LogP contribution in [-0.4, -0.2) is 6.54 Å². The fourth-order valence-corrected chi connectivity index (χ4v) is 1.16. The van der Waals surface area contributed by atoms with Crippen LogP contribution < -0.4 is 5.32 Å². The topological polar surface area (TPSA) is 12.0 Å². The number of nitrogens with one attached hydrogen (secondary N) is 1. The minimum atomic E-state index is 0. The van der Waals surface area contributed by atoms with Crippen molar-refractivity contribution in [3.05, 3.63) is 35.9 Å². The van der Waals surface area contributed by atoms with E-state index in [-0.39, 0.29) is 12.4 Å². The van der Waals surface area contributed by atoms with Gasteiger partial charge in [0.2, 0.25) is 0 Å². The predicted molar refractivity (Wildman–Crippen MR) is 51.2 cm³/mol. The van der Waals surface area contributed by atoms with Gasteiger partial charge in [0.25, 0.3) is 0 Å². The third kappa shape index (κ3) is 1.55. The van der Waals surface area contributed by atoms with Crippen molar-refractivity contribution in [3.8, 4) is 0 Å². The van der Waals surface area contributed by atoms with Crippen LogP contribution in [0.15, 0.2) is 30.3 Å². The van der Waals surface area contributed by atoms with Crippen molar-refractivity contribution < 1.29 is 0 Å². The first kappa shape index (κ1) is 8.15. The van der Waals surface area contributed by atoms with E-state index in [0.717, 1.165) is 6.54 Å². The molecule has 1 aliphatic rings. The lowest BCUT2D eigenvalue weighted by Crippen LogP contribution is -2.03. The highest BCUT2D eigenvalue weighted by Crippen LogP contribution is 2.18. The van der Waals surface area contributed by atoms with E-state index in [1.165, 1.54) is 11.3 Å². The molecule has 11 heavy (non-hydrogen) atoms. The number of halogens is 1. The van der Waals surface area contributed by atoms with Crippen molar-refractivity contribution in [3.63, 3.8) is 0 Å². The summed E-state index contributed by atoms with van der Waals surface area (Å²) in [6, 6.07) is 8.30. The summed E-state index contributed by atoms with van der Waals surface area (Å²) in [6.45, 7) is 0.955. The highest BCUT2D eigenvalue weighted by molar-refractivity contribution is 5.85. The Morgan fingerprint density at radius 2 is 2.00 bits per heavy atom. The van der Waals surface area contributed by atoms with Crippen molar-refractivity contribution in [2.24, 2.45) is 0 Å².